The van der Waals surface area contributed by atoms with E-state index in [9.17, 15) is 35.4 Å². The minimum Gasteiger partial charge on any atom is -0.508 e. The molecular weight excluding hydrogens is 324 g/mol. The standard InChI is InChI=1S/C15H18O9/c16-8-3-7(4-9(17)5-8)1-2-11(18)23-6-10-12(19)13(20)14(21)15(22)24-10/h1-5,10,12-17,19-22H,6H2/b2-1+/t10-,12-,13+,14-,15?/m1/s1. The molecule has 1 aliphatic rings. The summed E-state index contributed by atoms with van der Waals surface area (Å²) < 4.78 is 9.68. The monoisotopic (exact) mass is 342 g/mol. The van der Waals surface area contributed by atoms with Gasteiger partial charge in [0.25, 0.3) is 0 Å². The second-order valence-corrected chi connectivity index (χ2v) is 5.28. The number of hydrogen-bond donors (Lipinski definition) is 6. The fourth-order valence-corrected chi connectivity index (χ4v) is 2.16. The van der Waals surface area contributed by atoms with Crippen molar-refractivity contribution in [3.63, 3.8) is 0 Å². The van der Waals surface area contributed by atoms with Crippen LogP contribution in [0.25, 0.3) is 6.08 Å². The number of aliphatic hydroxyl groups is 4. The molecule has 0 bridgehead atoms. The Morgan fingerprint density at radius 2 is 1.67 bits per heavy atom. The highest BCUT2D eigenvalue weighted by molar-refractivity contribution is 5.87. The van der Waals surface area contributed by atoms with Crippen LogP contribution < -0.4 is 0 Å². The van der Waals surface area contributed by atoms with E-state index in [1.807, 2.05) is 0 Å². The molecule has 1 aliphatic heterocycles. The van der Waals surface area contributed by atoms with Crippen LogP contribution in [0.3, 0.4) is 0 Å². The Kier molecular flexibility index (Phi) is 5.75. The summed E-state index contributed by atoms with van der Waals surface area (Å²) >= 11 is 0. The minimum absolute atomic E-state index is 0.178. The maximum atomic E-state index is 11.6. The summed E-state index contributed by atoms with van der Waals surface area (Å²) in [7, 11) is 0. The lowest BCUT2D eigenvalue weighted by Gasteiger charge is -2.37. The lowest BCUT2D eigenvalue weighted by molar-refractivity contribution is -0.287. The van der Waals surface area contributed by atoms with Crippen molar-refractivity contribution in [3.8, 4) is 11.5 Å². The quantitative estimate of drug-likeness (QED) is 0.282. The second-order valence-electron chi connectivity index (χ2n) is 5.28. The molecule has 0 amide bonds. The van der Waals surface area contributed by atoms with Gasteiger partial charge in [0.15, 0.2) is 6.29 Å². The molecule has 9 nitrogen and oxygen atoms in total. The van der Waals surface area contributed by atoms with Crippen molar-refractivity contribution in [2.75, 3.05) is 6.61 Å². The van der Waals surface area contributed by atoms with E-state index in [0.29, 0.717) is 5.56 Å². The van der Waals surface area contributed by atoms with Crippen molar-refractivity contribution in [3.05, 3.63) is 29.8 Å². The third-order valence-corrected chi connectivity index (χ3v) is 3.41. The molecule has 0 aromatic heterocycles. The van der Waals surface area contributed by atoms with Crippen molar-refractivity contribution in [1.82, 2.24) is 0 Å². The van der Waals surface area contributed by atoms with Gasteiger partial charge in [0.1, 0.15) is 42.5 Å². The van der Waals surface area contributed by atoms with Gasteiger partial charge in [0, 0.05) is 12.1 Å². The molecule has 1 aromatic rings. The first kappa shape index (κ1) is 18.2. The van der Waals surface area contributed by atoms with Crippen LogP contribution in [-0.2, 0) is 14.3 Å². The topological polar surface area (TPSA) is 157 Å². The molecule has 9 heteroatoms. The van der Waals surface area contributed by atoms with Crippen LogP contribution in [0.4, 0.5) is 0 Å². The maximum Gasteiger partial charge on any atom is 0.330 e. The summed E-state index contributed by atoms with van der Waals surface area (Å²) in [4.78, 5) is 11.6. The lowest BCUT2D eigenvalue weighted by Crippen LogP contribution is -2.58. The molecule has 1 heterocycles. The van der Waals surface area contributed by atoms with E-state index in [4.69, 9.17) is 9.47 Å². The van der Waals surface area contributed by atoms with Crippen molar-refractivity contribution in [2.45, 2.75) is 30.7 Å². The summed E-state index contributed by atoms with van der Waals surface area (Å²) in [6.45, 7) is -0.462. The molecule has 1 aromatic carbocycles. The third-order valence-electron chi connectivity index (χ3n) is 3.41. The zero-order chi connectivity index (χ0) is 17.9. The second kappa shape index (κ2) is 7.60. The summed E-state index contributed by atoms with van der Waals surface area (Å²) in [5.74, 6) is -1.17. The Balaban J connectivity index is 1.90. The molecule has 132 valence electrons. The number of rotatable bonds is 4. The number of hydrogen-bond acceptors (Lipinski definition) is 9. The first-order valence-electron chi connectivity index (χ1n) is 7.03. The first-order chi connectivity index (χ1) is 11.3. The lowest BCUT2D eigenvalue weighted by atomic mass is 9.99. The zero-order valence-electron chi connectivity index (χ0n) is 12.4. The van der Waals surface area contributed by atoms with Crippen LogP contribution >= 0.6 is 0 Å². The number of aliphatic hydroxyl groups excluding tert-OH is 4. The van der Waals surface area contributed by atoms with E-state index >= 15 is 0 Å². The van der Waals surface area contributed by atoms with Crippen molar-refractivity contribution < 1.29 is 44.9 Å². The highest BCUT2D eigenvalue weighted by Gasteiger charge is 2.43. The fourth-order valence-electron chi connectivity index (χ4n) is 2.16. The minimum atomic E-state index is -1.71. The molecule has 0 spiro atoms. The molecule has 2 rings (SSSR count). The van der Waals surface area contributed by atoms with Gasteiger partial charge in [-0.2, -0.15) is 0 Å². The predicted octanol–water partition coefficient (Wildman–Crippen LogP) is -1.55. The molecule has 0 radical (unpaired) electrons. The maximum absolute atomic E-state index is 11.6. The SMILES string of the molecule is O=C(/C=C/c1cc(O)cc(O)c1)OC[C@H]1OC(O)[C@H](O)[C@@H](O)[C@@H]1O. The number of ether oxygens (including phenoxy) is 2. The smallest absolute Gasteiger partial charge is 0.330 e. The highest BCUT2D eigenvalue weighted by Crippen LogP contribution is 2.22. The van der Waals surface area contributed by atoms with Gasteiger partial charge in [-0.05, 0) is 23.8 Å². The van der Waals surface area contributed by atoms with Gasteiger partial charge in [-0.3, -0.25) is 0 Å². The van der Waals surface area contributed by atoms with E-state index in [1.165, 1.54) is 18.2 Å². The summed E-state index contributed by atoms with van der Waals surface area (Å²) in [5, 5.41) is 56.5. The number of esters is 1. The average molecular weight is 342 g/mol. The highest BCUT2D eigenvalue weighted by atomic mass is 16.6. The summed E-state index contributed by atoms with van der Waals surface area (Å²) in [6.07, 6.45) is -5.45. The predicted molar refractivity (Wildman–Crippen MR) is 78.7 cm³/mol. The molecule has 6 N–H and O–H groups in total. The Bertz CT molecular complexity index is 595. The Labute approximate surface area is 136 Å². The Morgan fingerprint density at radius 1 is 1.04 bits per heavy atom. The van der Waals surface area contributed by atoms with E-state index in [0.717, 1.165) is 12.1 Å². The number of phenolic OH excluding ortho intramolecular Hbond substituents is 2. The number of benzene rings is 1. The van der Waals surface area contributed by atoms with Gasteiger partial charge >= 0.3 is 5.97 Å². The Morgan fingerprint density at radius 3 is 2.29 bits per heavy atom. The molecule has 5 atom stereocenters. The normalized spacial score (nSPS) is 30.4. The molecule has 1 unspecified atom stereocenters. The van der Waals surface area contributed by atoms with Gasteiger partial charge in [-0.15, -0.1) is 0 Å². The zero-order valence-corrected chi connectivity index (χ0v) is 12.4. The van der Waals surface area contributed by atoms with Gasteiger partial charge in [-0.25, -0.2) is 4.79 Å². The average Bonchev–Trinajstić information content (AvgIpc) is 2.52. The number of phenols is 2. The molecular formula is C15H18O9. The van der Waals surface area contributed by atoms with Gasteiger partial charge in [-0.1, -0.05) is 0 Å². The molecule has 1 saturated heterocycles. The molecule has 1 fully saturated rings. The summed E-state index contributed by atoms with van der Waals surface area (Å²) in [5.41, 5.74) is 0.354. The van der Waals surface area contributed by atoms with Crippen molar-refractivity contribution >= 4 is 12.0 Å². The Hall–Kier alpha value is -2.17. The largest absolute Gasteiger partial charge is 0.508 e. The van der Waals surface area contributed by atoms with Crippen LogP contribution in [0.5, 0.6) is 11.5 Å². The number of aromatic hydroxyl groups is 2. The molecule has 24 heavy (non-hydrogen) atoms. The van der Waals surface area contributed by atoms with E-state index in [-0.39, 0.29) is 11.5 Å². The van der Waals surface area contributed by atoms with E-state index in [1.54, 1.807) is 0 Å². The van der Waals surface area contributed by atoms with Crippen LogP contribution in [0.1, 0.15) is 5.56 Å². The van der Waals surface area contributed by atoms with Crippen LogP contribution in [0.15, 0.2) is 24.3 Å². The third kappa shape index (κ3) is 4.43. The van der Waals surface area contributed by atoms with Gasteiger partial charge < -0.3 is 40.1 Å². The van der Waals surface area contributed by atoms with Crippen LogP contribution in [-0.4, -0.2) is 73.9 Å². The summed E-state index contributed by atoms with van der Waals surface area (Å²) in [6, 6.07) is 3.75. The van der Waals surface area contributed by atoms with Crippen LogP contribution in [0, 0.1) is 0 Å². The molecule has 0 aliphatic carbocycles. The number of carbonyl (C=O) groups excluding carboxylic acids is 1. The fraction of sp³-hybridized carbons (Fsp3) is 0.400. The molecule has 0 saturated carbocycles. The van der Waals surface area contributed by atoms with Gasteiger partial charge in [0.05, 0.1) is 0 Å². The van der Waals surface area contributed by atoms with E-state index < -0.39 is 43.3 Å². The van der Waals surface area contributed by atoms with Crippen LogP contribution in [0.2, 0.25) is 0 Å². The van der Waals surface area contributed by atoms with Crippen molar-refractivity contribution in [2.24, 2.45) is 0 Å². The first-order valence-corrected chi connectivity index (χ1v) is 7.03. The number of carbonyl (C=O) groups is 1. The van der Waals surface area contributed by atoms with Gasteiger partial charge in [0.2, 0.25) is 0 Å². The van der Waals surface area contributed by atoms with E-state index in [2.05, 4.69) is 0 Å². The van der Waals surface area contributed by atoms with Crippen molar-refractivity contribution in [1.29, 1.82) is 0 Å².